The molecule has 0 radical (unpaired) electrons. The van der Waals surface area contributed by atoms with Crippen molar-refractivity contribution >= 4 is 0 Å². The van der Waals surface area contributed by atoms with Crippen molar-refractivity contribution in [1.29, 1.82) is 0 Å². The zero-order chi connectivity index (χ0) is 12.8. The molecule has 0 aliphatic heterocycles. The lowest BCUT2D eigenvalue weighted by Gasteiger charge is -2.36. The zero-order valence-corrected chi connectivity index (χ0v) is 12.3. The van der Waals surface area contributed by atoms with Crippen molar-refractivity contribution in [3.05, 3.63) is 0 Å². The van der Waals surface area contributed by atoms with Crippen LogP contribution in [0.2, 0.25) is 0 Å². The highest BCUT2D eigenvalue weighted by molar-refractivity contribution is 4.79. The highest BCUT2D eigenvalue weighted by Gasteiger charge is 2.26. The van der Waals surface area contributed by atoms with Crippen molar-refractivity contribution in [2.45, 2.75) is 58.9 Å². The van der Waals surface area contributed by atoms with Gasteiger partial charge in [0.2, 0.25) is 0 Å². The van der Waals surface area contributed by atoms with Crippen LogP contribution in [0.1, 0.15) is 52.9 Å². The van der Waals surface area contributed by atoms with E-state index in [1.165, 1.54) is 38.6 Å². The van der Waals surface area contributed by atoms with Crippen LogP contribution in [0, 0.1) is 17.8 Å². The molecule has 0 saturated heterocycles. The molecule has 3 atom stereocenters. The van der Waals surface area contributed by atoms with Crippen LogP contribution < -0.4 is 5.73 Å². The Labute approximate surface area is 108 Å². The summed E-state index contributed by atoms with van der Waals surface area (Å²) in [6.45, 7) is 9.12. The van der Waals surface area contributed by atoms with Crippen LogP contribution >= 0.6 is 0 Å². The molecule has 1 fully saturated rings. The van der Waals surface area contributed by atoms with Gasteiger partial charge >= 0.3 is 0 Å². The summed E-state index contributed by atoms with van der Waals surface area (Å²) < 4.78 is 0. The zero-order valence-electron chi connectivity index (χ0n) is 12.3. The normalized spacial score (nSPS) is 27.7. The van der Waals surface area contributed by atoms with Crippen molar-refractivity contribution in [3.63, 3.8) is 0 Å². The highest BCUT2D eigenvalue weighted by Crippen LogP contribution is 2.30. The van der Waals surface area contributed by atoms with Crippen LogP contribution in [0.25, 0.3) is 0 Å². The minimum Gasteiger partial charge on any atom is -0.330 e. The third-order valence-corrected chi connectivity index (χ3v) is 4.46. The average molecular weight is 240 g/mol. The summed E-state index contributed by atoms with van der Waals surface area (Å²) in [5, 5.41) is 0. The van der Waals surface area contributed by atoms with E-state index in [4.69, 9.17) is 5.73 Å². The van der Waals surface area contributed by atoms with E-state index in [2.05, 4.69) is 32.7 Å². The Morgan fingerprint density at radius 3 is 2.24 bits per heavy atom. The van der Waals surface area contributed by atoms with Gasteiger partial charge in [0.15, 0.2) is 0 Å². The Morgan fingerprint density at radius 2 is 1.71 bits per heavy atom. The summed E-state index contributed by atoms with van der Waals surface area (Å²) in [6.07, 6.45) is 6.85. The van der Waals surface area contributed by atoms with Crippen molar-refractivity contribution < 1.29 is 0 Å². The molecule has 1 aliphatic rings. The molecule has 0 amide bonds. The van der Waals surface area contributed by atoms with Gasteiger partial charge in [-0.15, -0.1) is 0 Å². The standard InChI is InChI=1S/C15H32N2/c1-12(2)9-13(3)17(4)11-15-8-6-5-7-14(15)10-16/h12-15H,5-11,16H2,1-4H3. The van der Waals surface area contributed by atoms with Gasteiger partial charge in [0.25, 0.3) is 0 Å². The minimum absolute atomic E-state index is 0.704. The van der Waals surface area contributed by atoms with Gasteiger partial charge in [-0.2, -0.15) is 0 Å². The second-order valence-corrected chi connectivity index (χ2v) is 6.46. The van der Waals surface area contributed by atoms with E-state index in [1.807, 2.05) is 0 Å². The van der Waals surface area contributed by atoms with Crippen LogP contribution in [0.5, 0.6) is 0 Å². The molecule has 2 N–H and O–H groups in total. The molecule has 0 bridgehead atoms. The minimum atomic E-state index is 0.704. The molecule has 0 aromatic rings. The second kappa shape index (κ2) is 7.38. The van der Waals surface area contributed by atoms with Gasteiger partial charge in [0, 0.05) is 12.6 Å². The molecule has 1 rings (SSSR count). The molecule has 0 spiro atoms. The third-order valence-electron chi connectivity index (χ3n) is 4.46. The lowest BCUT2D eigenvalue weighted by molar-refractivity contribution is 0.138. The van der Waals surface area contributed by atoms with Gasteiger partial charge in [-0.1, -0.05) is 26.7 Å². The van der Waals surface area contributed by atoms with Gasteiger partial charge in [0.1, 0.15) is 0 Å². The molecule has 17 heavy (non-hydrogen) atoms. The summed E-state index contributed by atoms with van der Waals surface area (Å²) in [5.74, 6) is 2.41. The Balaban J connectivity index is 2.39. The van der Waals surface area contributed by atoms with Gasteiger partial charge in [-0.3, -0.25) is 0 Å². The van der Waals surface area contributed by atoms with Crippen LogP contribution in [-0.4, -0.2) is 31.1 Å². The van der Waals surface area contributed by atoms with Gasteiger partial charge < -0.3 is 10.6 Å². The molecule has 2 heteroatoms. The van der Waals surface area contributed by atoms with E-state index in [0.717, 1.165) is 24.3 Å². The van der Waals surface area contributed by atoms with E-state index in [0.29, 0.717) is 6.04 Å². The fraction of sp³-hybridized carbons (Fsp3) is 1.00. The fourth-order valence-corrected chi connectivity index (χ4v) is 3.25. The molecular formula is C15H32N2. The molecule has 0 aromatic carbocycles. The molecule has 3 unspecified atom stereocenters. The molecule has 0 aromatic heterocycles. The largest absolute Gasteiger partial charge is 0.330 e. The van der Waals surface area contributed by atoms with Crippen LogP contribution in [0.15, 0.2) is 0 Å². The predicted molar refractivity (Wildman–Crippen MR) is 76.0 cm³/mol. The van der Waals surface area contributed by atoms with Gasteiger partial charge in [-0.25, -0.2) is 0 Å². The summed E-state index contributed by atoms with van der Waals surface area (Å²) in [5.41, 5.74) is 5.91. The molecule has 2 nitrogen and oxygen atoms in total. The maximum Gasteiger partial charge on any atom is 0.00664 e. The number of nitrogens with two attached hydrogens (primary N) is 1. The average Bonchev–Trinajstić information content (AvgIpc) is 2.28. The van der Waals surface area contributed by atoms with E-state index in [9.17, 15) is 0 Å². The van der Waals surface area contributed by atoms with Crippen LogP contribution in [0.3, 0.4) is 0 Å². The lowest BCUT2D eigenvalue weighted by Crippen LogP contribution is -2.39. The van der Waals surface area contributed by atoms with Crippen molar-refractivity contribution in [2.24, 2.45) is 23.5 Å². The fourth-order valence-electron chi connectivity index (χ4n) is 3.25. The Bertz CT molecular complexity index is 203. The van der Waals surface area contributed by atoms with E-state index in [-0.39, 0.29) is 0 Å². The van der Waals surface area contributed by atoms with Crippen LogP contribution in [0.4, 0.5) is 0 Å². The molecule has 1 aliphatic carbocycles. The first-order chi connectivity index (χ1) is 8.04. The SMILES string of the molecule is CC(C)CC(C)N(C)CC1CCCCC1CN. The Kier molecular flexibility index (Phi) is 6.50. The molecular weight excluding hydrogens is 208 g/mol. The van der Waals surface area contributed by atoms with Crippen molar-refractivity contribution in [1.82, 2.24) is 4.90 Å². The number of hydrogen-bond acceptors (Lipinski definition) is 2. The number of rotatable bonds is 6. The number of hydrogen-bond donors (Lipinski definition) is 1. The lowest BCUT2D eigenvalue weighted by atomic mass is 9.79. The maximum absolute atomic E-state index is 5.91. The summed E-state index contributed by atoms with van der Waals surface area (Å²) >= 11 is 0. The quantitative estimate of drug-likeness (QED) is 0.773. The third kappa shape index (κ3) is 4.97. The van der Waals surface area contributed by atoms with Gasteiger partial charge in [-0.05, 0) is 57.5 Å². The predicted octanol–water partition coefficient (Wildman–Crippen LogP) is 3.12. The Morgan fingerprint density at radius 1 is 1.12 bits per heavy atom. The highest BCUT2D eigenvalue weighted by atomic mass is 15.1. The Hall–Kier alpha value is -0.0800. The van der Waals surface area contributed by atoms with E-state index in [1.54, 1.807) is 0 Å². The first-order valence-corrected chi connectivity index (χ1v) is 7.44. The summed E-state index contributed by atoms with van der Waals surface area (Å²) in [4.78, 5) is 2.55. The molecule has 102 valence electrons. The number of nitrogens with zero attached hydrogens (tertiary/aromatic N) is 1. The topological polar surface area (TPSA) is 29.3 Å². The smallest absolute Gasteiger partial charge is 0.00664 e. The summed E-state index contributed by atoms with van der Waals surface area (Å²) in [6, 6.07) is 0.704. The summed E-state index contributed by atoms with van der Waals surface area (Å²) in [7, 11) is 2.29. The van der Waals surface area contributed by atoms with E-state index < -0.39 is 0 Å². The first kappa shape index (κ1) is 15.0. The van der Waals surface area contributed by atoms with Crippen LogP contribution in [-0.2, 0) is 0 Å². The van der Waals surface area contributed by atoms with E-state index >= 15 is 0 Å². The van der Waals surface area contributed by atoms with Crippen molar-refractivity contribution in [2.75, 3.05) is 20.1 Å². The second-order valence-electron chi connectivity index (χ2n) is 6.46. The van der Waals surface area contributed by atoms with Crippen molar-refractivity contribution in [3.8, 4) is 0 Å². The maximum atomic E-state index is 5.91. The first-order valence-electron chi connectivity index (χ1n) is 7.44. The molecule has 1 saturated carbocycles. The van der Waals surface area contributed by atoms with Gasteiger partial charge in [0.05, 0.1) is 0 Å². The molecule has 0 heterocycles. The monoisotopic (exact) mass is 240 g/mol.